The third-order valence-electron chi connectivity index (χ3n) is 3.50. The molecule has 0 aliphatic rings. The Bertz CT molecular complexity index is 989. The van der Waals surface area contributed by atoms with E-state index < -0.39 is 23.5 Å². The number of nitrogens with zero attached hydrogens (tertiary/aromatic N) is 2. The highest BCUT2D eigenvalue weighted by molar-refractivity contribution is 6.33. The van der Waals surface area contributed by atoms with E-state index >= 15 is 0 Å². The van der Waals surface area contributed by atoms with E-state index in [9.17, 15) is 18.0 Å². The van der Waals surface area contributed by atoms with Crippen LogP contribution in [0.4, 0.5) is 18.9 Å². The number of para-hydroxylation sites is 1. The van der Waals surface area contributed by atoms with Gasteiger partial charge in [0.2, 0.25) is 0 Å². The first-order valence-electron chi connectivity index (χ1n) is 7.44. The molecule has 0 bridgehead atoms. The van der Waals surface area contributed by atoms with Crippen molar-refractivity contribution >= 4 is 23.2 Å². The number of aromatic nitrogens is 2. The van der Waals surface area contributed by atoms with Gasteiger partial charge in [-0.25, -0.2) is 0 Å². The van der Waals surface area contributed by atoms with Crippen molar-refractivity contribution in [3.8, 4) is 17.2 Å². The predicted molar refractivity (Wildman–Crippen MR) is 90.7 cm³/mol. The van der Waals surface area contributed by atoms with E-state index in [4.69, 9.17) is 20.8 Å². The number of amides is 1. The van der Waals surface area contributed by atoms with Gasteiger partial charge < -0.3 is 14.5 Å². The van der Waals surface area contributed by atoms with Crippen LogP contribution in [-0.2, 0) is 6.18 Å². The maximum absolute atomic E-state index is 12.8. The number of nitrogens with one attached hydrogen (secondary N) is 1. The minimum atomic E-state index is -4.58. The van der Waals surface area contributed by atoms with Crippen molar-refractivity contribution in [1.82, 2.24) is 10.2 Å². The molecular formula is C17H11ClF3N3O3. The molecule has 6 nitrogen and oxygen atoms in total. The molecule has 0 radical (unpaired) electrons. The number of hydrogen-bond acceptors (Lipinski definition) is 5. The fourth-order valence-electron chi connectivity index (χ4n) is 2.22. The van der Waals surface area contributed by atoms with Crippen molar-refractivity contribution in [3.05, 3.63) is 58.9 Å². The number of halogens is 4. The van der Waals surface area contributed by atoms with E-state index in [1.165, 1.54) is 7.11 Å². The second-order valence-corrected chi connectivity index (χ2v) is 5.67. The third kappa shape index (κ3) is 4.03. The number of alkyl halides is 3. The maximum atomic E-state index is 12.8. The number of rotatable bonds is 4. The Morgan fingerprint density at radius 3 is 2.63 bits per heavy atom. The van der Waals surface area contributed by atoms with Gasteiger partial charge in [-0.05, 0) is 30.3 Å². The molecule has 1 aromatic heterocycles. The van der Waals surface area contributed by atoms with Crippen LogP contribution in [0.15, 0.2) is 46.9 Å². The molecule has 27 heavy (non-hydrogen) atoms. The van der Waals surface area contributed by atoms with Crippen molar-refractivity contribution in [2.45, 2.75) is 6.18 Å². The lowest BCUT2D eigenvalue weighted by Crippen LogP contribution is -2.14. The topological polar surface area (TPSA) is 77.2 Å². The highest BCUT2D eigenvalue weighted by atomic mass is 35.5. The monoisotopic (exact) mass is 397 g/mol. The van der Waals surface area contributed by atoms with Gasteiger partial charge >= 0.3 is 18.0 Å². The molecule has 140 valence electrons. The Kier molecular flexibility index (Phi) is 5.04. The lowest BCUT2D eigenvalue weighted by Gasteiger charge is -2.10. The summed E-state index contributed by atoms with van der Waals surface area (Å²) in [5.41, 5.74) is -0.723. The van der Waals surface area contributed by atoms with E-state index in [0.29, 0.717) is 11.3 Å². The number of methoxy groups -OCH3 is 1. The quantitative estimate of drug-likeness (QED) is 0.692. The third-order valence-corrected chi connectivity index (χ3v) is 3.83. The minimum absolute atomic E-state index is 0.0211. The van der Waals surface area contributed by atoms with Crippen molar-refractivity contribution in [2.75, 3.05) is 12.4 Å². The molecule has 10 heteroatoms. The van der Waals surface area contributed by atoms with E-state index in [0.717, 1.165) is 18.2 Å². The van der Waals surface area contributed by atoms with Gasteiger partial charge in [0, 0.05) is 0 Å². The summed E-state index contributed by atoms with van der Waals surface area (Å²) in [6, 6.07) is 9.34. The molecule has 0 fully saturated rings. The average Bonchev–Trinajstić information content (AvgIpc) is 3.12. The molecule has 0 spiro atoms. The van der Waals surface area contributed by atoms with E-state index in [1.54, 1.807) is 24.3 Å². The fourth-order valence-corrected chi connectivity index (χ4v) is 2.38. The molecule has 3 aromatic rings. The van der Waals surface area contributed by atoms with Crippen molar-refractivity contribution in [2.24, 2.45) is 0 Å². The van der Waals surface area contributed by atoms with Crippen LogP contribution in [0.3, 0.4) is 0 Å². The number of benzene rings is 2. The molecule has 0 aliphatic carbocycles. The molecular weight excluding hydrogens is 387 g/mol. The summed E-state index contributed by atoms with van der Waals surface area (Å²) in [5, 5.41) is 9.55. The fraction of sp³-hybridized carbons (Fsp3) is 0.118. The van der Waals surface area contributed by atoms with Crippen LogP contribution in [0.25, 0.3) is 11.5 Å². The van der Waals surface area contributed by atoms with Gasteiger partial charge in [0.1, 0.15) is 5.75 Å². The molecule has 1 N–H and O–H groups in total. The maximum Gasteiger partial charge on any atom is 0.416 e. The smallest absolute Gasteiger partial charge is 0.416 e. The number of carbonyl (C=O) groups is 1. The van der Waals surface area contributed by atoms with Crippen LogP contribution >= 0.6 is 11.6 Å². The lowest BCUT2D eigenvalue weighted by molar-refractivity contribution is -0.137. The first-order chi connectivity index (χ1) is 12.8. The zero-order valence-corrected chi connectivity index (χ0v) is 14.4. The molecule has 0 saturated carbocycles. The van der Waals surface area contributed by atoms with Crippen molar-refractivity contribution in [3.63, 3.8) is 0 Å². The lowest BCUT2D eigenvalue weighted by atomic mass is 10.2. The molecule has 3 rings (SSSR count). The molecule has 0 unspecified atom stereocenters. The standard InChI is InChI=1S/C17H11ClF3N3O3/c1-26-13-5-3-2-4-10(13)15-23-24-16(27-15)14(25)22-12-8-9(17(19,20)21)6-7-11(12)18/h2-8H,1H3,(H,22,25). The average molecular weight is 398 g/mol. The highest BCUT2D eigenvalue weighted by Gasteiger charge is 2.31. The van der Waals surface area contributed by atoms with Crippen LogP contribution < -0.4 is 10.1 Å². The largest absolute Gasteiger partial charge is 0.496 e. The van der Waals surface area contributed by atoms with E-state index in [2.05, 4.69) is 15.5 Å². The van der Waals surface area contributed by atoms with Crippen LogP contribution in [0, 0.1) is 0 Å². The Labute approximate surface area is 155 Å². The first kappa shape index (κ1) is 18.7. The summed E-state index contributed by atoms with van der Waals surface area (Å²) in [5.74, 6) is -0.865. The molecule has 0 saturated heterocycles. The van der Waals surface area contributed by atoms with Gasteiger partial charge in [-0.15, -0.1) is 10.2 Å². The number of hydrogen-bond donors (Lipinski definition) is 1. The van der Waals surface area contributed by atoms with Gasteiger partial charge in [0.05, 0.1) is 28.9 Å². The molecule has 0 aliphatic heterocycles. The molecule has 1 heterocycles. The summed E-state index contributed by atoms with van der Waals surface area (Å²) in [6.45, 7) is 0. The number of ether oxygens (including phenoxy) is 1. The number of carbonyl (C=O) groups excluding carboxylic acids is 1. The Hall–Kier alpha value is -3.07. The Balaban J connectivity index is 1.85. The summed E-state index contributed by atoms with van der Waals surface area (Å²) in [6.07, 6.45) is -4.58. The van der Waals surface area contributed by atoms with Gasteiger partial charge in [-0.2, -0.15) is 13.2 Å². The van der Waals surface area contributed by atoms with Crippen LogP contribution in [0.2, 0.25) is 5.02 Å². The summed E-state index contributed by atoms with van der Waals surface area (Å²) >= 11 is 5.85. The van der Waals surface area contributed by atoms with Crippen LogP contribution in [0.5, 0.6) is 5.75 Å². The summed E-state index contributed by atoms with van der Waals surface area (Å²) in [4.78, 5) is 12.2. The van der Waals surface area contributed by atoms with Crippen LogP contribution in [-0.4, -0.2) is 23.2 Å². The predicted octanol–water partition coefficient (Wildman–Crippen LogP) is 4.67. The van der Waals surface area contributed by atoms with Crippen LogP contribution in [0.1, 0.15) is 16.2 Å². The normalized spacial score (nSPS) is 11.3. The SMILES string of the molecule is COc1ccccc1-c1nnc(C(=O)Nc2cc(C(F)(F)F)ccc2Cl)o1. The van der Waals surface area contributed by atoms with Gasteiger partial charge in [-0.1, -0.05) is 23.7 Å². The molecule has 2 aromatic carbocycles. The number of anilines is 1. The van der Waals surface area contributed by atoms with E-state index in [1.807, 2.05) is 0 Å². The first-order valence-corrected chi connectivity index (χ1v) is 7.82. The van der Waals surface area contributed by atoms with Crippen molar-refractivity contribution in [1.29, 1.82) is 0 Å². The van der Waals surface area contributed by atoms with Gasteiger partial charge in [0.25, 0.3) is 5.89 Å². The Morgan fingerprint density at radius 1 is 1.19 bits per heavy atom. The van der Waals surface area contributed by atoms with Gasteiger partial charge in [0.15, 0.2) is 0 Å². The Morgan fingerprint density at radius 2 is 1.93 bits per heavy atom. The second-order valence-electron chi connectivity index (χ2n) is 5.26. The zero-order valence-electron chi connectivity index (χ0n) is 13.7. The zero-order chi connectivity index (χ0) is 19.6. The van der Waals surface area contributed by atoms with E-state index in [-0.39, 0.29) is 16.6 Å². The van der Waals surface area contributed by atoms with Gasteiger partial charge in [-0.3, -0.25) is 4.79 Å². The molecule has 0 atom stereocenters. The summed E-state index contributed by atoms with van der Waals surface area (Å²) < 4.78 is 48.9. The minimum Gasteiger partial charge on any atom is -0.496 e. The second kappa shape index (κ2) is 7.28. The van der Waals surface area contributed by atoms with Crippen molar-refractivity contribution < 1.29 is 27.1 Å². The highest BCUT2D eigenvalue weighted by Crippen LogP contribution is 2.34. The summed E-state index contributed by atoms with van der Waals surface area (Å²) in [7, 11) is 1.46. The molecule has 1 amide bonds.